The van der Waals surface area contributed by atoms with E-state index in [1.807, 2.05) is 43.5 Å². The van der Waals surface area contributed by atoms with Crippen LogP contribution >= 0.6 is 11.3 Å². The number of hydrogen-bond acceptors (Lipinski definition) is 4. The lowest BCUT2D eigenvalue weighted by atomic mass is 10.2. The van der Waals surface area contributed by atoms with E-state index in [9.17, 15) is 0 Å². The fraction of sp³-hybridized carbons (Fsp3) is 0.188. The van der Waals surface area contributed by atoms with Crippen molar-refractivity contribution in [3.8, 4) is 16.3 Å². The number of para-hydroxylation sites is 2. The number of rotatable bonds is 6. The molecule has 0 saturated heterocycles. The van der Waals surface area contributed by atoms with Gasteiger partial charge in [0.2, 0.25) is 0 Å². The molecule has 0 saturated carbocycles. The van der Waals surface area contributed by atoms with E-state index < -0.39 is 0 Å². The zero-order chi connectivity index (χ0) is 14.5. The van der Waals surface area contributed by atoms with Crippen LogP contribution in [0.2, 0.25) is 0 Å². The Hall–Kier alpha value is -2.27. The molecule has 3 aromatic rings. The van der Waals surface area contributed by atoms with Crippen molar-refractivity contribution >= 4 is 17.0 Å². The summed E-state index contributed by atoms with van der Waals surface area (Å²) >= 11 is 1.70. The molecular weight excluding hydrogens is 282 g/mol. The Balaban J connectivity index is 1.76. The molecule has 1 aromatic carbocycles. The third-order valence-corrected chi connectivity index (χ3v) is 4.03. The smallest absolute Gasteiger partial charge is 0.142 e. The van der Waals surface area contributed by atoms with Crippen LogP contribution in [0.15, 0.2) is 48.0 Å². The summed E-state index contributed by atoms with van der Waals surface area (Å²) in [6, 6.07) is 12.1. The Morgan fingerprint density at radius 2 is 2.14 bits per heavy atom. The van der Waals surface area contributed by atoms with E-state index in [0.29, 0.717) is 13.2 Å². The third kappa shape index (κ3) is 3.08. The Bertz CT molecular complexity index is 691. The largest absolute Gasteiger partial charge is 0.492 e. The fourth-order valence-electron chi connectivity index (χ4n) is 2.16. The van der Waals surface area contributed by atoms with Gasteiger partial charge in [0.05, 0.1) is 29.1 Å². The SMILES string of the molecule is CCOc1ccccc1NCc1cn[nH]c1-c1cccs1. The molecule has 0 aliphatic carbocycles. The maximum Gasteiger partial charge on any atom is 0.142 e. The zero-order valence-corrected chi connectivity index (χ0v) is 12.6. The summed E-state index contributed by atoms with van der Waals surface area (Å²) in [5.74, 6) is 0.876. The first-order valence-electron chi connectivity index (χ1n) is 6.90. The van der Waals surface area contributed by atoms with Crippen molar-refractivity contribution in [1.29, 1.82) is 0 Å². The molecule has 5 heteroatoms. The summed E-state index contributed by atoms with van der Waals surface area (Å²) in [4.78, 5) is 1.20. The number of aromatic amines is 1. The fourth-order valence-corrected chi connectivity index (χ4v) is 2.92. The minimum absolute atomic E-state index is 0.658. The maximum atomic E-state index is 5.63. The van der Waals surface area contributed by atoms with Gasteiger partial charge in [0.25, 0.3) is 0 Å². The molecule has 0 aliphatic rings. The van der Waals surface area contributed by atoms with Gasteiger partial charge in [0.1, 0.15) is 5.75 Å². The van der Waals surface area contributed by atoms with E-state index in [-0.39, 0.29) is 0 Å². The molecule has 0 amide bonds. The van der Waals surface area contributed by atoms with Gasteiger partial charge in [-0.2, -0.15) is 5.10 Å². The molecule has 21 heavy (non-hydrogen) atoms. The van der Waals surface area contributed by atoms with Gasteiger partial charge >= 0.3 is 0 Å². The average Bonchev–Trinajstić information content (AvgIpc) is 3.17. The number of nitrogens with zero attached hydrogens (tertiary/aromatic N) is 1. The number of hydrogen-bond donors (Lipinski definition) is 2. The Morgan fingerprint density at radius 3 is 2.95 bits per heavy atom. The number of thiophene rings is 1. The number of benzene rings is 1. The lowest BCUT2D eigenvalue weighted by molar-refractivity contribution is 0.341. The molecule has 2 heterocycles. The summed E-state index contributed by atoms with van der Waals surface area (Å²) in [5, 5.41) is 12.7. The first-order valence-corrected chi connectivity index (χ1v) is 7.78. The van der Waals surface area contributed by atoms with Crippen LogP contribution in [0.1, 0.15) is 12.5 Å². The minimum atomic E-state index is 0.658. The number of H-pyrrole nitrogens is 1. The molecule has 108 valence electrons. The normalized spacial score (nSPS) is 10.5. The van der Waals surface area contributed by atoms with Gasteiger partial charge in [-0.3, -0.25) is 5.10 Å². The van der Waals surface area contributed by atoms with Crippen molar-refractivity contribution in [3.05, 3.63) is 53.5 Å². The molecule has 0 bridgehead atoms. The maximum absolute atomic E-state index is 5.63. The summed E-state index contributed by atoms with van der Waals surface area (Å²) in [7, 11) is 0. The van der Waals surface area contributed by atoms with E-state index in [1.165, 1.54) is 4.88 Å². The van der Waals surface area contributed by atoms with Gasteiger partial charge in [0.15, 0.2) is 0 Å². The highest BCUT2D eigenvalue weighted by Crippen LogP contribution is 2.28. The highest BCUT2D eigenvalue weighted by atomic mass is 32.1. The predicted molar refractivity (Wildman–Crippen MR) is 86.8 cm³/mol. The molecule has 3 rings (SSSR count). The van der Waals surface area contributed by atoms with E-state index in [0.717, 1.165) is 22.7 Å². The van der Waals surface area contributed by atoms with E-state index in [1.54, 1.807) is 11.3 Å². The molecule has 0 radical (unpaired) electrons. The van der Waals surface area contributed by atoms with Crippen molar-refractivity contribution in [2.24, 2.45) is 0 Å². The van der Waals surface area contributed by atoms with Crippen molar-refractivity contribution in [3.63, 3.8) is 0 Å². The number of ether oxygens (including phenoxy) is 1. The molecule has 0 fully saturated rings. The molecule has 0 aliphatic heterocycles. The third-order valence-electron chi connectivity index (χ3n) is 3.14. The van der Waals surface area contributed by atoms with Gasteiger partial charge in [-0.05, 0) is 30.5 Å². The monoisotopic (exact) mass is 299 g/mol. The molecule has 2 N–H and O–H groups in total. The van der Waals surface area contributed by atoms with E-state index in [2.05, 4.69) is 27.0 Å². The summed E-state index contributed by atoms with van der Waals surface area (Å²) < 4.78 is 5.63. The predicted octanol–water partition coefficient (Wildman–Crippen LogP) is 4.15. The van der Waals surface area contributed by atoms with Gasteiger partial charge in [0, 0.05) is 12.1 Å². The Labute approximate surface area is 127 Å². The summed E-state index contributed by atoms with van der Waals surface area (Å²) in [6.07, 6.45) is 1.87. The van der Waals surface area contributed by atoms with Crippen LogP contribution in [0, 0.1) is 0 Å². The summed E-state index contributed by atoms with van der Waals surface area (Å²) in [6.45, 7) is 3.35. The van der Waals surface area contributed by atoms with Crippen LogP contribution in [0.3, 0.4) is 0 Å². The summed E-state index contributed by atoms with van der Waals surface area (Å²) in [5.41, 5.74) is 3.22. The quantitative estimate of drug-likeness (QED) is 0.719. The number of anilines is 1. The Morgan fingerprint density at radius 1 is 1.24 bits per heavy atom. The van der Waals surface area contributed by atoms with Crippen molar-refractivity contribution in [2.45, 2.75) is 13.5 Å². The lowest BCUT2D eigenvalue weighted by Crippen LogP contribution is -2.02. The molecule has 4 nitrogen and oxygen atoms in total. The van der Waals surface area contributed by atoms with Crippen LogP contribution in [0.5, 0.6) is 5.75 Å². The number of aromatic nitrogens is 2. The van der Waals surface area contributed by atoms with Crippen LogP contribution in [-0.2, 0) is 6.54 Å². The highest BCUT2D eigenvalue weighted by Gasteiger charge is 2.09. The Kier molecular flexibility index (Phi) is 4.21. The van der Waals surface area contributed by atoms with Crippen LogP contribution in [0.25, 0.3) is 10.6 Å². The lowest BCUT2D eigenvalue weighted by Gasteiger charge is -2.12. The topological polar surface area (TPSA) is 49.9 Å². The zero-order valence-electron chi connectivity index (χ0n) is 11.8. The van der Waals surface area contributed by atoms with Crippen molar-refractivity contribution < 1.29 is 4.74 Å². The van der Waals surface area contributed by atoms with Crippen LogP contribution < -0.4 is 10.1 Å². The van der Waals surface area contributed by atoms with Gasteiger partial charge in [-0.15, -0.1) is 11.3 Å². The van der Waals surface area contributed by atoms with E-state index in [4.69, 9.17) is 4.74 Å². The molecule has 0 atom stereocenters. The second-order valence-electron chi connectivity index (χ2n) is 4.53. The molecule has 2 aromatic heterocycles. The average molecular weight is 299 g/mol. The minimum Gasteiger partial charge on any atom is -0.492 e. The van der Waals surface area contributed by atoms with E-state index >= 15 is 0 Å². The second kappa shape index (κ2) is 6.45. The van der Waals surface area contributed by atoms with Crippen LogP contribution in [-0.4, -0.2) is 16.8 Å². The first-order chi connectivity index (χ1) is 10.4. The standard InChI is InChI=1S/C16H17N3OS/c1-2-20-14-7-4-3-6-13(14)17-10-12-11-18-19-16(12)15-8-5-9-21-15/h3-9,11,17H,2,10H2,1H3,(H,18,19). The van der Waals surface area contributed by atoms with Crippen molar-refractivity contribution in [1.82, 2.24) is 10.2 Å². The van der Waals surface area contributed by atoms with Gasteiger partial charge in [-0.25, -0.2) is 0 Å². The molecular formula is C16H17N3OS. The molecule has 0 spiro atoms. The second-order valence-corrected chi connectivity index (χ2v) is 5.48. The number of nitrogens with one attached hydrogen (secondary N) is 2. The van der Waals surface area contributed by atoms with Gasteiger partial charge < -0.3 is 10.1 Å². The molecule has 0 unspecified atom stereocenters. The van der Waals surface area contributed by atoms with Crippen molar-refractivity contribution in [2.75, 3.05) is 11.9 Å². The van der Waals surface area contributed by atoms with Gasteiger partial charge in [-0.1, -0.05) is 18.2 Å². The highest BCUT2D eigenvalue weighted by molar-refractivity contribution is 7.13. The van der Waals surface area contributed by atoms with Crippen LogP contribution in [0.4, 0.5) is 5.69 Å². The first kappa shape index (κ1) is 13.7.